The van der Waals surface area contributed by atoms with Gasteiger partial charge in [-0.15, -0.1) is 0 Å². The summed E-state index contributed by atoms with van der Waals surface area (Å²) in [7, 11) is -1.33. The molecule has 1 aliphatic rings. The summed E-state index contributed by atoms with van der Waals surface area (Å²) in [6.07, 6.45) is 2.41. The maximum Gasteiger partial charge on any atom is 0.225 e. The summed E-state index contributed by atoms with van der Waals surface area (Å²) in [6.45, 7) is 7.66. The normalized spacial score (nSPS) is 16.5. The Morgan fingerprint density at radius 2 is 1.65 bits per heavy atom. The highest BCUT2D eigenvalue weighted by Crippen LogP contribution is 2.22. The van der Waals surface area contributed by atoms with Gasteiger partial charge in [0.15, 0.2) is 0 Å². The highest BCUT2D eigenvalue weighted by molar-refractivity contribution is 7.88. The zero-order valence-corrected chi connectivity index (χ0v) is 17.1. The minimum Gasteiger partial charge on any atom is -0.372 e. The van der Waals surface area contributed by atoms with Crippen LogP contribution in [0.15, 0.2) is 24.3 Å². The van der Waals surface area contributed by atoms with Crippen molar-refractivity contribution in [2.75, 3.05) is 44.4 Å². The maximum atomic E-state index is 12.7. The van der Waals surface area contributed by atoms with Crippen molar-refractivity contribution < 1.29 is 13.2 Å². The Balaban J connectivity index is 1.91. The van der Waals surface area contributed by atoms with Crippen LogP contribution in [0.2, 0.25) is 0 Å². The van der Waals surface area contributed by atoms with Crippen LogP contribution in [0.3, 0.4) is 0 Å². The molecular weight excluding hydrogens is 350 g/mol. The molecular formula is C19H31N3O3S. The number of piperidine rings is 1. The number of hydrogen-bond donors (Lipinski definition) is 0. The fraction of sp³-hybridized carbons (Fsp3) is 0.632. The third-order valence-corrected chi connectivity index (χ3v) is 6.44. The summed E-state index contributed by atoms with van der Waals surface area (Å²) in [5.74, 6) is 0.0129. The standard InChI is InChI=1S/C19H31N3O3S/c1-5-21(6-2)18-9-7-16(8-10-18)15-20(3)19(23)17-11-13-22(14-12-17)26(4,24)25/h7-10,17H,5-6,11-15H2,1-4H3. The predicted octanol–water partition coefficient (Wildman–Crippen LogP) is 2.16. The molecule has 0 unspecified atom stereocenters. The smallest absolute Gasteiger partial charge is 0.225 e. The molecule has 1 aromatic carbocycles. The van der Waals surface area contributed by atoms with Crippen molar-refractivity contribution in [1.82, 2.24) is 9.21 Å². The zero-order chi connectivity index (χ0) is 19.3. The lowest BCUT2D eigenvalue weighted by Gasteiger charge is -2.31. The van der Waals surface area contributed by atoms with Gasteiger partial charge in [0, 0.05) is 51.4 Å². The fourth-order valence-corrected chi connectivity index (χ4v) is 4.37. The van der Waals surface area contributed by atoms with Crippen LogP contribution in [0.4, 0.5) is 5.69 Å². The van der Waals surface area contributed by atoms with E-state index in [0.29, 0.717) is 32.5 Å². The number of carbonyl (C=O) groups excluding carboxylic acids is 1. The van der Waals surface area contributed by atoms with Crippen molar-refractivity contribution in [1.29, 1.82) is 0 Å². The van der Waals surface area contributed by atoms with E-state index in [1.165, 1.54) is 16.2 Å². The molecule has 7 heteroatoms. The average molecular weight is 382 g/mol. The van der Waals surface area contributed by atoms with Crippen LogP contribution in [0.1, 0.15) is 32.3 Å². The van der Waals surface area contributed by atoms with E-state index in [2.05, 4.69) is 43.0 Å². The van der Waals surface area contributed by atoms with Gasteiger partial charge in [-0.05, 0) is 44.4 Å². The molecule has 0 N–H and O–H groups in total. The highest BCUT2D eigenvalue weighted by Gasteiger charge is 2.30. The first kappa shape index (κ1) is 20.7. The lowest BCUT2D eigenvalue weighted by atomic mass is 9.96. The topological polar surface area (TPSA) is 60.9 Å². The van der Waals surface area contributed by atoms with Gasteiger partial charge in [0.25, 0.3) is 0 Å². The van der Waals surface area contributed by atoms with Crippen LogP contribution in [-0.2, 0) is 21.4 Å². The molecule has 146 valence electrons. The zero-order valence-electron chi connectivity index (χ0n) is 16.3. The molecule has 1 saturated heterocycles. The molecule has 6 nitrogen and oxygen atoms in total. The summed E-state index contributed by atoms with van der Waals surface area (Å²) < 4.78 is 24.6. The largest absolute Gasteiger partial charge is 0.372 e. The van der Waals surface area contributed by atoms with E-state index < -0.39 is 10.0 Å². The van der Waals surface area contributed by atoms with E-state index in [4.69, 9.17) is 0 Å². The second-order valence-electron chi connectivity index (χ2n) is 6.97. The number of nitrogens with zero attached hydrogens (tertiary/aromatic N) is 3. The second-order valence-corrected chi connectivity index (χ2v) is 8.95. The SMILES string of the molecule is CCN(CC)c1ccc(CN(C)C(=O)C2CCN(S(C)(=O)=O)CC2)cc1. The first-order valence-corrected chi connectivity index (χ1v) is 11.1. The van der Waals surface area contributed by atoms with Crippen molar-refractivity contribution in [2.45, 2.75) is 33.2 Å². The molecule has 1 aliphatic heterocycles. The van der Waals surface area contributed by atoms with Crippen molar-refractivity contribution in [3.63, 3.8) is 0 Å². The lowest BCUT2D eigenvalue weighted by Crippen LogP contribution is -2.42. The van der Waals surface area contributed by atoms with Crippen LogP contribution in [0, 0.1) is 5.92 Å². The quantitative estimate of drug-likeness (QED) is 0.726. The van der Waals surface area contributed by atoms with E-state index in [0.717, 1.165) is 18.7 Å². The Bertz CT molecular complexity index is 691. The van der Waals surface area contributed by atoms with E-state index in [9.17, 15) is 13.2 Å². The van der Waals surface area contributed by atoms with Crippen LogP contribution in [0.5, 0.6) is 0 Å². The van der Waals surface area contributed by atoms with E-state index in [1.807, 2.05) is 7.05 Å². The first-order chi connectivity index (χ1) is 12.3. The summed E-state index contributed by atoms with van der Waals surface area (Å²) in [4.78, 5) is 16.7. The third-order valence-electron chi connectivity index (χ3n) is 5.13. The number of anilines is 1. The molecule has 1 amide bonds. The van der Waals surface area contributed by atoms with E-state index >= 15 is 0 Å². The molecule has 0 saturated carbocycles. The number of amides is 1. The fourth-order valence-electron chi connectivity index (χ4n) is 3.50. The van der Waals surface area contributed by atoms with Gasteiger partial charge in [-0.25, -0.2) is 12.7 Å². The number of rotatable bonds is 7. The van der Waals surface area contributed by atoms with Gasteiger partial charge in [0.2, 0.25) is 15.9 Å². The number of benzene rings is 1. The Kier molecular flexibility index (Phi) is 7.06. The Morgan fingerprint density at radius 1 is 1.12 bits per heavy atom. The van der Waals surface area contributed by atoms with Crippen molar-refractivity contribution >= 4 is 21.6 Å². The van der Waals surface area contributed by atoms with Gasteiger partial charge in [-0.1, -0.05) is 12.1 Å². The van der Waals surface area contributed by atoms with Gasteiger partial charge < -0.3 is 9.80 Å². The van der Waals surface area contributed by atoms with Gasteiger partial charge in [0.1, 0.15) is 0 Å². The number of carbonyl (C=O) groups is 1. The van der Waals surface area contributed by atoms with Gasteiger partial charge >= 0.3 is 0 Å². The van der Waals surface area contributed by atoms with Crippen LogP contribution in [0.25, 0.3) is 0 Å². The molecule has 0 aromatic heterocycles. The monoisotopic (exact) mass is 381 g/mol. The van der Waals surface area contributed by atoms with Crippen molar-refractivity contribution in [3.8, 4) is 0 Å². The van der Waals surface area contributed by atoms with Gasteiger partial charge in [-0.3, -0.25) is 4.79 Å². The molecule has 0 atom stereocenters. The average Bonchev–Trinajstić information content (AvgIpc) is 2.63. The number of hydrogen-bond acceptors (Lipinski definition) is 4. The highest BCUT2D eigenvalue weighted by atomic mass is 32.2. The van der Waals surface area contributed by atoms with Crippen LogP contribution >= 0.6 is 0 Å². The predicted molar refractivity (Wildman–Crippen MR) is 106 cm³/mol. The van der Waals surface area contributed by atoms with Crippen molar-refractivity contribution in [3.05, 3.63) is 29.8 Å². The van der Waals surface area contributed by atoms with Gasteiger partial charge in [0.05, 0.1) is 6.26 Å². The lowest BCUT2D eigenvalue weighted by molar-refractivity contribution is -0.135. The van der Waals surface area contributed by atoms with Gasteiger partial charge in [-0.2, -0.15) is 0 Å². The maximum absolute atomic E-state index is 12.7. The van der Waals surface area contributed by atoms with E-state index in [1.54, 1.807) is 4.90 Å². The van der Waals surface area contributed by atoms with Crippen LogP contribution < -0.4 is 4.90 Å². The number of sulfonamides is 1. The molecule has 0 bridgehead atoms. The third kappa shape index (κ3) is 5.20. The molecule has 1 heterocycles. The van der Waals surface area contributed by atoms with Crippen LogP contribution in [-0.4, -0.2) is 63.0 Å². The molecule has 26 heavy (non-hydrogen) atoms. The summed E-state index contributed by atoms with van der Waals surface area (Å²) in [6, 6.07) is 8.35. The van der Waals surface area contributed by atoms with E-state index in [-0.39, 0.29) is 11.8 Å². The second kappa shape index (κ2) is 8.86. The minimum atomic E-state index is -3.16. The Morgan fingerprint density at radius 3 is 2.12 bits per heavy atom. The summed E-state index contributed by atoms with van der Waals surface area (Å²) in [5.41, 5.74) is 2.30. The molecule has 0 radical (unpaired) electrons. The first-order valence-electron chi connectivity index (χ1n) is 9.30. The summed E-state index contributed by atoms with van der Waals surface area (Å²) in [5, 5.41) is 0. The Hall–Kier alpha value is -1.60. The molecule has 1 fully saturated rings. The molecule has 0 spiro atoms. The molecule has 0 aliphatic carbocycles. The molecule has 2 rings (SSSR count). The minimum absolute atomic E-state index is 0.0899. The van der Waals surface area contributed by atoms with Crippen molar-refractivity contribution in [2.24, 2.45) is 5.92 Å². The summed E-state index contributed by atoms with van der Waals surface area (Å²) >= 11 is 0. The molecule has 1 aromatic rings. The Labute approximate surface area is 157 Å².